The molecule has 38 heavy (non-hydrogen) atoms. The van der Waals surface area contributed by atoms with Crippen LogP contribution in [-0.2, 0) is 10.0 Å². The van der Waals surface area contributed by atoms with Gasteiger partial charge in [-0.2, -0.15) is 0 Å². The number of rotatable bonds is 9. The van der Waals surface area contributed by atoms with Gasteiger partial charge in [0.05, 0.1) is 24.8 Å². The third kappa shape index (κ3) is 5.08. The van der Waals surface area contributed by atoms with Crippen molar-refractivity contribution in [1.29, 1.82) is 0 Å². The molecule has 0 spiro atoms. The first-order chi connectivity index (χ1) is 18.2. The molecule has 3 aromatic heterocycles. The zero-order chi connectivity index (χ0) is 27.0. The van der Waals surface area contributed by atoms with Gasteiger partial charge in [-0.1, -0.05) is 0 Å². The minimum Gasteiger partial charge on any atom is -0.480 e. The fourth-order valence-electron chi connectivity index (χ4n) is 4.94. The van der Waals surface area contributed by atoms with Gasteiger partial charge in [0, 0.05) is 31.6 Å². The Hall–Kier alpha value is -3.19. The lowest BCUT2D eigenvalue weighted by atomic mass is 9.98. The molecule has 0 aromatic carbocycles. The second kappa shape index (κ2) is 10.5. The third-order valence-corrected chi connectivity index (χ3v) is 9.14. The Morgan fingerprint density at radius 3 is 2.47 bits per heavy atom. The van der Waals surface area contributed by atoms with Crippen molar-refractivity contribution in [2.45, 2.75) is 58.4 Å². The van der Waals surface area contributed by atoms with Crippen LogP contribution in [0.25, 0.3) is 22.6 Å². The number of fused-ring (bicyclic) bond motifs is 1. The summed E-state index contributed by atoms with van der Waals surface area (Å²) in [6.07, 6.45) is 6.67. The Bertz CT molecular complexity index is 1500. The van der Waals surface area contributed by atoms with Gasteiger partial charge >= 0.3 is 0 Å². The van der Waals surface area contributed by atoms with Crippen LogP contribution in [0.5, 0.6) is 5.88 Å². The maximum Gasteiger partial charge on any atom is 0.295 e. The molecule has 0 radical (unpaired) electrons. The van der Waals surface area contributed by atoms with Gasteiger partial charge in [-0.05, 0) is 52.4 Å². The average molecular weight is 543 g/mol. The third-order valence-electron chi connectivity index (χ3n) is 7.26. The van der Waals surface area contributed by atoms with E-state index in [0.29, 0.717) is 54.0 Å². The molecule has 5 rings (SSSR count). The van der Waals surface area contributed by atoms with Crippen LogP contribution >= 0.6 is 0 Å². The highest BCUT2D eigenvalue weighted by Gasteiger charge is 2.32. The van der Waals surface area contributed by atoms with Crippen LogP contribution in [0.4, 0.5) is 5.82 Å². The van der Waals surface area contributed by atoms with Crippen LogP contribution in [0.3, 0.4) is 0 Å². The lowest BCUT2D eigenvalue weighted by Crippen LogP contribution is -2.40. The Labute approximate surface area is 222 Å². The van der Waals surface area contributed by atoms with Crippen molar-refractivity contribution in [2.75, 3.05) is 37.8 Å². The van der Waals surface area contributed by atoms with Gasteiger partial charge in [0.1, 0.15) is 17.4 Å². The molecule has 1 saturated carbocycles. The first kappa shape index (κ1) is 26.4. The molecule has 4 heterocycles. The minimum absolute atomic E-state index is 0.113. The number of ether oxygens (including phenoxy) is 1. The van der Waals surface area contributed by atoms with E-state index in [-0.39, 0.29) is 29.1 Å². The molecule has 0 unspecified atom stereocenters. The molecular weight excluding hydrogens is 508 g/mol. The van der Waals surface area contributed by atoms with E-state index < -0.39 is 10.0 Å². The van der Waals surface area contributed by atoms with E-state index in [2.05, 4.69) is 25.3 Å². The number of piperidine rings is 1. The van der Waals surface area contributed by atoms with Gasteiger partial charge in [0.25, 0.3) is 5.56 Å². The molecule has 1 aliphatic heterocycles. The number of methoxy groups -OCH3 is 1. The van der Waals surface area contributed by atoms with Crippen LogP contribution in [0.1, 0.15) is 64.1 Å². The van der Waals surface area contributed by atoms with E-state index in [9.17, 15) is 13.2 Å². The molecule has 1 saturated heterocycles. The molecule has 2 fully saturated rings. The van der Waals surface area contributed by atoms with E-state index in [0.717, 1.165) is 31.4 Å². The zero-order valence-corrected chi connectivity index (χ0v) is 23.0. The highest BCUT2D eigenvalue weighted by Crippen LogP contribution is 2.44. The van der Waals surface area contributed by atoms with Crippen molar-refractivity contribution in [3.8, 4) is 17.3 Å². The first-order valence-electron chi connectivity index (χ1n) is 13.1. The lowest BCUT2D eigenvalue weighted by molar-refractivity contribution is 0.282. The number of hydrogen-bond donors (Lipinski definition) is 1. The fraction of sp³-hybridized carbons (Fsp3) is 0.600. The number of anilines is 1. The molecule has 0 amide bonds. The normalized spacial score (nSPS) is 17.3. The van der Waals surface area contributed by atoms with E-state index in [1.54, 1.807) is 29.1 Å². The minimum atomic E-state index is -3.17. The van der Waals surface area contributed by atoms with E-state index in [1.165, 1.54) is 6.33 Å². The zero-order valence-electron chi connectivity index (χ0n) is 22.2. The molecule has 0 atom stereocenters. The van der Waals surface area contributed by atoms with Gasteiger partial charge in [0.2, 0.25) is 15.9 Å². The van der Waals surface area contributed by atoms with Gasteiger partial charge in [-0.3, -0.25) is 9.36 Å². The number of aromatic nitrogens is 6. The van der Waals surface area contributed by atoms with Gasteiger partial charge < -0.3 is 10.1 Å². The van der Waals surface area contributed by atoms with Crippen LogP contribution in [0.2, 0.25) is 0 Å². The van der Waals surface area contributed by atoms with E-state index in [4.69, 9.17) is 9.72 Å². The monoisotopic (exact) mass is 542 g/mol. The molecule has 204 valence electrons. The van der Waals surface area contributed by atoms with Crippen LogP contribution < -0.4 is 15.6 Å². The highest BCUT2D eigenvalue weighted by atomic mass is 32.2. The Morgan fingerprint density at radius 1 is 1.11 bits per heavy atom. The second-order valence-electron chi connectivity index (χ2n) is 10.2. The SMILES string of the molecule is CCS(=O)(=O)N1CCC(CNc2nc3cnc(-c4c(OC)ncnc4C4CC4)nc3n(C(C)C)c2=O)CC1. The first-order valence-corrected chi connectivity index (χ1v) is 14.7. The molecule has 12 nitrogen and oxygen atoms in total. The molecule has 13 heteroatoms. The Kier molecular flexibility index (Phi) is 7.32. The summed E-state index contributed by atoms with van der Waals surface area (Å²) in [5.41, 5.74) is 2.18. The van der Waals surface area contributed by atoms with Crippen molar-refractivity contribution < 1.29 is 13.2 Å². The van der Waals surface area contributed by atoms with Crippen LogP contribution in [0, 0.1) is 5.92 Å². The molecular formula is C25H34N8O4S. The summed E-state index contributed by atoms with van der Waals surface area (Å²) in [6, 6.07) is -0.171. The fourth-order valence-corrected chi connectivity index (χ4v) is 6.08. The molecule has 2 aliphatic rings. The number of sulfonamides is 1. The summed E-state index contributed by atoms with van der Waals surface area (Å²) >= 11 is 0. The molecule has 3 aromatic rings. The van der Waals surface area contributed by atoms with Gasteiger partial charge in [0.15, 0.2) is 17.3 Å². The van der Waals surface area contributed by atoms with Crippen molar-refractivity contribution in [1.82, 2.24) is 33.8 Å². The Balaban J connectivity index is 1.44. The predicted octanol–water partition coefficient (Wildman–Crippen LogP) is 2.58. The van der Waals surface area contributed by atoms with Crippen LogP contribution in [0.15, 0.2) is 17.3 Å². The predicted molar refractivity (Wildman–Crippen MR) is 144 cm³/mol. The topological polar surface area (TPSA) is 145 Å². The highest BCUT2D eigenvalue weighted by molar-refractivity contribution is 7.89. The summed E-state index contributed by atoms with van der Waals surface area (Å²) in [4.78, 5) is 36.2. The van der Waals surface area contributed by atoms with Crippen molar-refractivity contribution in [2.24, 2.45) is 5.92 Å². The maximum atomic E-state index is 13.5. The van der Waals surface area contributed by atoms with Crippen molar-refractivity contribution in [3.05, 3.63) is 28.6 Å². The van der Waals surface area contributed by atoms with Crippen molar-refractivity contribution >= 4 is 27.0 Å². The largest absolute Gasteiger partial charge is 0.480 e. The number of nitrogens with zero attached hydrogens (tertiary/aromatic N) is 7. The molecule has 0 bridgehead atoms. The second-order valence-corrected chi connectivity index (χ2v) is 12.4. The van der Waals surface area contributed by atoms with Gasteiger partial charge in [-0.25, -0.2) is 37.6 Å². The standard InChI is InChI=1S/C25H34N8O4S/c1-5-38(35,36)32-10-8-16(9-11-32)12-26-22-25(34)33(15(2)3)23-18(30-22)13-27-21(31-23)19-20(17-6-7-17)28-14-29-24(19)37-4/h13-17H,5-12H2,1-4H3,(H,26,30). The number of nitrogens with one attached hydrogen (secondary N) is 1. The van der Waals surface area contributed by atoms with Crippen molar-refractivity contribution in [3.63, 3.8) is 0 Å². The maximum absolute atomic E-state index is 13.5. The Morgan fingerprint density at radius 2 is 1.84 bits per heavy atom. The van der Waals surface area contributed by atoms with Gasteiger partial charge in [-0.15, -0.1) is 0 Å². The number of hydrogen-bond acceptors (Lipinski definition) is 10. The summed E-state index contributed by atoms with van der Waals surface area (Å²) < 4.78 is 33.0. The quantitative estimate of drug-likeness (QED) is 0.428. The van der Waals surface area contributed by atoms with E-state index in [1.807, 2.05) is 13.8 Å². The van der Waals surface area contributed by atoms with Crippen LogP contribution in [-0.4, -0.2) is 74.7 Å². The smallest absolute Gasteiger partial charge is 0.295 e. The summed E-state index contributed by atoms with van der Waals surface area (Å²) in [7, 11) is -1.62. The summed E-state index contributed by atoms with van der Waals surface area (Å²) in [6.45, 7) is 7.05. The van der Waals surface area contributed by atoms with E-state index >= 15 is 0 Å². The molecule has 1 N–H and O–H groups in total. The average Bonchev–Trinajstić information content (AvgIpc) is 3.77. The summed E-state index contributed by atoms with van der Waals surface area (Å²) in [5, 5.41) is 3.23. The molecule has 1 aliphatic carbocycles. The summed E-state index contributed by atoms with van der Waals surface area (Å²) in [5.74, 6) is 1.73. The lowest BCUT2D eigenvalue weighted by Gasteiger charge is -2.31.